The van der Waals surface area contributed by atoms with Gasteiger partial charge in [0, 0.05) is 6.08 Å². The first-order chi connectivity index (χ1) is 14.8. The van der Waals surface area contributed by atoms with Gasteiger partial charge >= 0.3 is 0 Å². The second-order valence-corrected chi connectivity index (χ2v) is 10.1. The quantitative estimate of drug-likeness (QED) is 0.283. The van der Waals surface area contributed by atoms with E-state index in [4.69, 9.17) is 5.26 Å². The number of allylic oxidation sites excluding steroid dienone is 2. The molecule has 3 rings (SSSR count). The highest BCUT2D eigenvalue weighted by Crippen LogP contribution is 2.42. The lowest BCUT2D eigenvalue weighted by atomic mass is 9.68. The molecule has 0 atom stereocenters. The lowest BCUT2D eigenvalue weighted by molar-refractivity contribution is 0.151. The third-order valence-corrected chi connectivity index (χ3v) is 7.99. The maximum absolute atomic E-state index is 8.71. The molecular weight excluding hydrogens is 362 g/mol. The Hall–Kier alpha value is -1.55. The highest BCUT2D eigenvalue weighted by molar-refractivity contribution is 5.22. The fraction of sp³-hybridized carbons (Fsp3) is 0.690. The largest absolute Gasteiger partial charge is 0.193 e. The van der Waals surface area contributed by atoms with E-state index in [1.807, 2.05) is 0 Å². The van der Waals surface area contributed by atoms with Gasteiger partial charge in [-0.05, 0) is 99.0 Å². The Balaban J connectivity index is 1.27. The molecule has 2 saturated carbocycles. The molecule has 0 aromatic heterocycles. The third kappa shape index (κ3) is 7.61. The number of aryl methyl sites for hydroxylation is 2. The maximum atomic E-state index is 8.71. The van der Waals surface area contributed by atoms with Crippen molar-refractivity contribution in [3.05, 3.63) is 47.5 Å². The van der Waals surface area contributed by atoms with Gasteiger partial charge in [0.1, 0.15) is 0 Å². The predicted octanol–water partition coefficient (Wildman–Crippen LogP) is 8.43. The summed E-state index contributed by atoms with van der Waals surface area (Å²) in [6, 6.07) is 11.6. The van der Waals surface area contributed by atoms with Gasteiger partial charge in [-0.15, -0.1) is 0 Å². The molecule has 0 bridgehead atoms. The summed E-state index contributed by atoms with van der Waals surface area (Å²) in [4.78, 5) is 0. The number of benzene rings is 1. The second-order valence-electron chi connectivity index (χ2n) is 10.1. The molecule has 0 spiro atoms. The van der Waals surface area contributed by atoms with Crippen molar-refractivity contribution in [3.8, 4) is 6.07 Å². The summed E-state index contributed by atoms with van der Waals surface area (Å²) in [6.07, 6.45) is 24.5. The number of nitriles is 1. The van der Waals surface area contributed by atoms with Crippen LogP contribution in [0, 0.1) is 35.0 Å². The number of hydrogen-bond donors (Lipinski definition) is 0. The van der Waals surface area contributed by atoms with E-state index in [2.05, 4.69) is 43.3 Å². The van der Waals surface area contributed by atoms with Gasteiger partial charge in [-0.25, -0.2) is 0 Å². The van der Waals surface area contributed by atoms with Crippen molar-refractivity contribution in [2.45, 2.75) is 103 Å². The van der Waals surface area contributed by atoms with Crippen LogP contribution in [-0.4, -0.2) is 0 Å². The van der Waals surface area contributed by atoms with Crippen LogP contribution in [0.25, 0.3) is 0 Å². The first-order valence-corrected chi connectivity index (χ1v) is 12.9. The average molecular weight is 406 g/mol. The van der Waals surface area contributed by atoms with Crippen molar-refractivity contribution in [1.82, 2.24) is 0 Å². The fourth-order valence-electron chi connectivity index (χ4n) is 5.95. The van der Waals surface area contributed by atoms with Gasteiger partial charge in [0.05, 0.1) is 6.07 Å². The molecule has 0 unspecified atom stereocenters. The van der Waals surface area contributed by atoms with Crippen LogP contribution in [-0.2, 0) is 12.8 Å². The molecule has 1 aromatic carbocycles. The van der Waals surface area contributed by atoms with Gasteiger partial charge in [-0.1, -0.05) is 69.4 Å². The van der Waals surface area contributed by atoms with E-state index in [-0.39, 0.29) is 0 Å². The zero-order chi connectivity index (χ0) is 21.0. The zero-order valence-corrected chi connectivity index (χ0v) is 19.3. The third-order valence-electron chi connectivity index (χ3n) is 7.99. The molecule has 1 aromatic rings. The van der Waals surface area contributed by atoms with Gasteiger partial charge in [-0.3, -0.25) is 0 Å². The maximum Gasteiger partial charge on any atom is 0.0908 e. The Morgan fingerprint density at radius 1 is 0.800 bits per heavy atom. The molecule has 0 amide bonds. The highest BCUT2D eigenvalue weighted by atomic mass is 14.4. The first-order valence-electron chi connectivity index (χ1n) is 12.9. The van der Waals surface area contributed by atoms with E-state index in [0.717, 1.165) is 17.8 Å². The summed E-state index contributed by atoms with van der Waals surface area (Å²) in [6.45, 7) is 2.27. The summed E-state index contributed by atoms with van der Waals surface area (Å²) in [5.74, 6) is 3.63. The molecule has 2 fully saturated rings. The molecule has 2 aliphatic carbocycles. The molecule has 1 heteroatoms. The molecule has 0 aliphatic heterocycles. The van der Waals surface area contributed by atoms with Crippen LogP contribution in [0.2, 0.25) is 0 Å². The first kappa shape index (κ1) is 23.1. The van der Waals surface area contributed by atoms with Gasteiger partial charge in [0.25, 0.3) is 0 Å². The number of rotatable bonds is 10. The van der Waals surface area contributed by atoms with Crippen LogP contribution in [0.15, 0.2) is 36.4 Å². The molecule has 0 heterocycles. The lowest BCUT2D eigenvalue weighted by Crippen LogP contribution is -2.25. The topological polar surface area (TPSA) is 23.8 Å². The van der Waals surface area contributed by atoms with Crippen LogP contribution in [0.4, 0.5) is 0 Å². The number of hydrogen-bond acceptors (Lipinski definition) is 1. The molecule has 1 nitrogen and oxygen atoms in total. The normalized spacial score (nSPS) is 27.2. The Labute approximate surface area is 186 Å². The molecule has 0 radical (unpaired) electrons. The second kappa shape index (κ2) is 13.0. The number of unbranched alkanes of at least 4 members (excludes halogenated alkanes) is 2. The van der Waals surface area contributed by atoms with E-state index >= 15 is 0 Å². The van der Waals surface area contributed by atoms with Crippen molar-refractivity contribution in [3.63, 3.8) is 0 Å². The summed E-state index contributed by atoms with van der Waals surface area (Å²) >= 11 is 0. The number of nitrogens with zero attached hydrogens (tertiary/aromatic N) is 1. The Morgan fingerprint density at radius 3 is 1.93 bits per heavy atom. The van der Waals surface area contributed by atoms with E-state index in [1.54, 1.807) is 6.08 Å². The van der Waals surface area contributed by atoms with Crippen molar-refractivity contribution >= 4 is 0 Å². The van der Waals surface area contributed by atoms with Crippen LogP contribution < -0.4 is 0 Å². The van der Waals surface area contributed by atoms with Crippen LogP contribution >= 0.6 is 0 Å². The van der Waals surface area contributed by atoms with E-state index < -0.39 is 0 Å². The standard InChI is InChI=1S/C29H43N/c1-2-3-7-24-11-13-25(14-12-24)8-4-5-9-26-15-19-28(20-16-26)29-21-17-27(18-22-29)10-6-23-30/h6,10-14,26-29H,2-5,7-9,15-22H2,1H3/t26-,27-,28-,29-. The van der Waals surface area contributed by atoms with Gasteiger partial charge in [0.15, 0.2) is 0 Å². The summed E-state index contributed by atoms with van der Waals surface area (Å²) in [5, 5.41) is 8.71. The minimum atomic E-state index is 0.671. The van der Waals surface area contributed by atoms with Gasteiger partial charge in [0.2, 0.25) is 0 Å². The molecule has 0 N–H and O–H groups in total. The monoisotopic (exact) mass is 405 g/mol. The predicted molar refractivity (Wildman–Crippen MR) is 128 cm³/mol. The van der Waals surface area contributed by atoms with Gasteiger partial charge in [-0.2, -0.15) is 5.26 Å². The van der Waals surface area contributed by atoms with E-state index in [9.17, 15) is 0 Å². The molecule has 2 aliphatic rings. The highest BCUT2D eigenvalue weighted by Gasteiger charge is 2.30. The minimum absolute atomic E-state index is 0.671. The SMILES string of the molecule is CCCCc1ccc(CCCC[C@H]2CC[C@H]([C@H]3CC[C@H](C=CC#N)CC3)CC2)cc1. The van der Waals surface area contributed by atoms with Crippen molar-refractivity contribution < 1.29 is 0 Å². The zero-order valence-electron chi connectivity index (χ0n) is 19.3. The Morgan fingerprint density at radius 2 is 1.37 bits per heavy atom. The summed E-state index contributed by atoms with van der Waals surface area (Å²) in [5.41, 5.74) is 3.03. The van der Waals surface area contributed by atoms with Crippen LogP contribution in [0.3, 0.4) is 0 Å². The van der Waals surface area contributed by atoms with Gasteiger partial charge < -0.3 is 0 Å². The smallest absolute Gasteiger partial charge is 0.0908 e. The van der Waals surface area contributed by atoms with Crippen molar-refractivity contribution in [2.24, 2.45) is 23.7 Å². The fourth-order valence-corrected chi connectivity index (χ4v) is 5.95. The van der Waals surface area contributed by atoms with E-state index in [1.165, 1.54) is 107 Å². The van der Waals surface area contributed by atoms with Crippen molar-refractivity contribution in [1.29, 1.82) is 5.26 Å². The molecular formula is C29H43N. The van der Waals surface area contributed by atoms with E-state index in [0.29, 0.717) is 5.92 Å². The minimum Gasteiger partial charge on any atom is -0.193 e. The Bertz CT molecular complexity index is 649. The van der Waals surface area contributed by atoms with Crippen LogP contribution in [0.5, 0.6) is 0 Å². The molecule has 0 saturated heterocycles. The average Bonchev–Trinajstić information content (AvgIpc) is 2.81. The lowest BCUT2D eigenvalue weighted by Gasteiger charge is -2.37. The summed E-state index contributed by atoms with van der Waals surface area (Å²) in [7, 11) is 0. The Kier molecular flexibility index (Phi) is 10.0. The molecule has 30 heavy (non-hydrogen) atoms. The summed E-state index contributed by atoms with van der Waals surface area (Å²) < 4.78 is 0. The van der Waals surface area contributed by atoms with Crippen molar-refractivity contribution in [2.75, 3.05) is 0 Å². The van der Waals surface area contributed by atoms with Crippen LogP contribution in [0.1, 0.15) is 102 Å². The molecule has 164 valence electrons.